The summed E-state index contributed by atoms with van der Waals surface area (Å²) in [6, 6.07) is 12.6. The summed E-state index contributed by atoms with van der Waals surface area (Å²) >= 11 is 11.2. The highest BCUT2D eigenvalue weighted by molar-refractivity contribution is 7.80. The van der Waals surface area contributed by atoms with Gasteiger partial charge in [-0.05, 0) is 54.0 Å². The van der Waals surface area contributed by atoms with Gasteiger partial charge in [-0.3, -0.25) is 10.1 Å². The fourth-order valence-corrected chi connectivity index (χ4v) is 2.57. The molecular formula is C18H19ClN2O2S. The number of anilines is 1. The number of amides is 1. The first kappa shape index (κ1) is 18.2. The molecule has 24 heavy (non-hydrogen) atoms. The lowest BCUT2D eigenvalue weighted by Crippen LogP contribution is -2.34. The van der Waals surface area contributed by atoms with Gasteiger partial charge in [-0.1, -0.05) is 37.6 Å². The number of rotatable bonds is 4. The fraction of sp³-hybridized carbons (Fsp3) is 0.222. The van der Waals surface area contributed by atoms with E-state index in [2.05, 4.69) is 24.5 Å². The molecule has 0 saturated carbocycles. The van der Waals surface area contributed by atoms with Crippen molar-refractivity contribution >= 4 is 40.5 Å². The Hall–Kier alpha value is -2.11. The van der Waals surface area contributed by atoms with Crippen LogP contribution < -0.4 is 15.4 Å². The van der Waals surface area contributed by atoms with Gasteiger partial charge < -0.3 is 10.1 Å². The predicted molar refractivity (Wildman–Crippen MR) is 102 cm³/mol. The maximum Gasteiger partial charge on any atom is 0.257 e. The van der Waals surface area contributed by atoms with Gasteiger partial charge in [0.1, 0.15) is 5.75 Å². The van der Waals surface area contributed by atoms with E-state index in [4.69, 9.17) is 28.6 Å². The first-order chi connectivity index (χ1) is 11.4. The van der Waals surface area contributed by atoms with Crippen molar-refractivity contribution < 1.29 is 9.53 Å². The highest BCUT2D eigenvalue weighted by atomic mass is 35.5. The molecule has 0 aliphatic rings. The minimum Gasteiger partial charge on any atom is -0.495 e. The molecular weight excluding hydrogens is 344 g/mol. The van der Waals surface area contributed by atoms with Crippen LogP contribution in [-0.2, 0) is 0 Å². The number of hydrogen-bond donors (Lipinski definition) is 2. The minimum absolute atomic E-state index is 0.203. The van der Waals surface area contributed by atoms with Crippen molar-refractivity contribution in [3.63, 3.8) is 0 Å². The maximum absolute atomic E-state index is 12.2. The lowest BCUT2D eigenvalue weighted by atomic mass is 10.0. The van der Waals surface area contributed by atoms with E-state index in [1.54, 1.807) is 37.4 Å². The third-order valence-electron chi connectivity index (χ3n) is 3.48. The lowest BCUT2D eigenvalue weighted by Gasteiger charge is -2.11. The Morgan fingerprint density at radius 3 is 2.38 bits per heavy atom. The van der Waals surface area contributed by atoms with Gasteiger partial charge in [0, 0.05) is 11.3 Å². The molecule has 2 aromatic rings. The molecule has 6 heteroatoms. The van der Waals surface area contributed by atoms with E-state index in [1.165, 1.54) is 5.56 Å². The SMILES string of the molecule is COc1ccc(NC(=S)NC(=O)c2ccc(C(C)C)cc2)cc1Cl. The molecule has 0 spiro atoms. The van der Waals surface area contributed by atoms with E-state index in [0.29, 0.717) is 27.9 Å². The van der Waals surface area contributed by atoms with Crippen molar-refractivity contribution in [1.82, 2.24) is 5.32 Å². The molecule has 0 aliphatic carbocycles. The number of methoxy groups -OCH3 is 1. The summed E-state index contributed by atoms with van der Waals surface area (Å²) in [4.78, 5) is 12.2. The average molecular weight is 363 g/mol. The minimum atomic E-state index is -0.262. The van der Waals surface area contributed by atoms with Crippen LogP contribution in [0.1, 0.15) is 35.7 Å². The van der Waals surface area contributed by atoms with E-state index in [1.807, 2.05) is 12.1 Å². The number of benzene rings is 2. The molecule has 2 aromatic carbocycles. The Morgan fingerprint density at radius 2 is 1.83 bits per heavy atom. The van der Waals surface area contributed by atoms with Gasteiger partial charge in [0.05, 0.1) is 12.1 Å². The topological polar surface area (TPSA) is 50.4 Å². The molecule has 4 nitrogen and oxygen atoms in total. The molecule has 2 rings (SSSR count). The summed E-state index contributed by atoms with van der Waals surface area (Å²) in [6.07, 6.45) is 0. The van der Waals surface area contributed by atoms with E-state index in [9.17, 15) is 4.79 Å². The second-order valence-electron chi connectivity index (χ2n) is 5.53. The molecule has 0 atom stereocenters. The molecule has 0 aromatic heterocycles. The van der Waals surface area contributed by atoms with Crippen LogP contribution in [0.25, 0.3) is 0 Å². The van der Waals surface area contributed by atoms with Gasteiger partial charge in [-0.15, -0.1) is 0 Å². The summed E-state index contributed by atoms with van der Waals surface area (Å²) in [6.45, 7) is 4.21. The molecule has 0 bridgehead atoms. The van der Waals surface area contributed by atoms with E-state index in [0.717, 1.165) is 0 Å². The highest BCUT2D eigenvalue weighted by Crippen LogP contribution is 2.27. The second kappa shape index (κ2) is 8.13. The summed E-state index contributed by atoms with van der Waals surface area (Å²) in [5.74, 6) is 0.731. The third kappa shape index (κ3) is 4.69. The Balaban J connectivity index is 1.98. The molecule has 2 N–H and O–H groups in total. The number of carbonyl (C=O) groups excluding carboxylic acids is 1. The molecule has 0 aliphatic heterocycles. The van der Waals surface area contributed by atoms with Gasteiger partial charge in [0.15, 0.2) is 5.11 Å². The number of nitrogens with one attached hydrogen (secondary N) is 2. The normalized spacial score (nSPS) is 10.4. The first-order valence-electron chi connectivity index (χ1n) is 7.46. The number of halogens is 1. The molecule has 126 valence electrons. The first-order valence-corrected chi connectivity index (χ1v) is 8.25. The van der Waals surface area contributed by atoms with Crippen LogP contribution in [0.3, 0.4) is 0 Å². The van der Waals surface area contributed by atoms with Gasteiger partial charge in [-0.2, -0.15) is 0 Å². The van der Waals surface area contributed by atoms with Crippen molar-refractivity contribution in [2.75, 3.05) is 12.4 Å². The van der Waals surface area contributed by atoms with Crippen LogP contribution in [0, 0.1) is 0 Å². The van der Waals surface area contributed by atoms with Gasteiger partial charge >= 0.3 is 0 Å². The summed E-state index contributed by atoms with van der Waals surface area (Å²) in [5.41, 5.74) is 2.40. The molecule has 0 saturated heterocycles. The van der Waals surface area contributed by atoms with Gasteiger partial charge in [0.2, 0.25) is 0 Å². The second-order valence-corrected chi connectivity index (χ2v) is 6.35. The van der Waals surface area contributed by atoms with Crippen molar-refractivity contribution in [2.45, 2.75) is 19.8 Å². The van der Waals surface area contributed by atoms with Gasteiger partial charge in [-0.25, -0.2) is 0 Å². The van der Waals surface area contributed by atoms with Crippen LogP contribution in [0.15, 0.2) is 42.5 Å². The zero-order chi connectivity index (χ0) is 17.7. The molecule has 0 heterocycles. The number of hydrogen-bond acceptors (Lipinski definition) is 3. The molecule has 0 unspecified atom stereocenters. The van der Waals surface area contributed by atoms with E-state index < -0.39 is 0 Å². The van der Waals surface area contributed by atoms with Crippen molar-refractivity contribution in [2.24, 2.45) is 0 Å². The Bertz CT molecular complexity index is 745. The summed E-state index contributed by atoms with van der Waals surface area (Å²) in [7, 11) is 1.55. The average Bonchev–Trinajstić information content (AvgIpc) is 2.55. The van der Waals surface area contributed by atoms with Crippen LogP contribution in [-0.4, -0.2) is 18.1 Å². The molecule has 0 fully saturated rings. The Morgan fingerprint density at radius 1 is 1.17 bits per heavy atom. The zero-order valence-electron chi connectivity index (χ0n) is 13.7. The van der Waals surface area contributed by atoms with Crippen LogP contribution >= 0.6 is 23.8 Å². The number of thiocarbonyl (C=S) groups is 1. The van der Waals surface area contributed by atoms with E-state index >= 15 is 0 Å². The van der Waals surface area contributed by atoms with E-state index in [-0.39, 0.29) is 11.0 Å². The van der Waals surface area contributed by atoms with Gasteiger partial charge in [0.25, 0.3) is 5.91 Å². The fourth-order valence-electron chi connectivity index (χ4n) is 2.10. The van der Waals surface area contributed by atoms with Crippen molar-refractivity contribution in [3.05, 3.63) is 58.6 Å². The quantitative estimate of drug-likeness (QED) is 0.780. The standard InChI is InChI=1S/C18H19ClN2O2S/c1-11(2)12-4-6-13(7-5-12)17(22)21-18(24)20-14-8-9-16(23-3)15(19)10-14/h4-11H,1-3H3,(H2,20,21,22,24). The number of ether oxygens (including phenoxy) is 1. The maximum atomic E-state index is 12.2. The third-order valence-corrected chi connectivity index (χ3v) is 3.98. The van der Waals surface area contributed by atoms with Crippen LogP contribution in [0.5, 0.6) is 5.75 Å². The Labute approximate surface area is 152 Å². The molecule has 1 amide bonds. The summed E-state index contributed by atoms with van der Waals surface area (Å²) in [5, 5.41) is 6.23. The smallest absolute Gasteiger partial charge is 0.257 e. The largest absolute Gasteiger partial charge is 0.495 e. The highest BCUT2D eigenvalue weighted by Gasteiger charge is 2.09. The van der Waals surface area contributed by atoms with Crippen LogP contribution in [0.4, 0.5) is 5.69 Å². The lowest BCUT2D eigenvalue weighted by molar-refractivity contribution is 0.0977. The van der Waals surface area contributed by atoms with Crippen molar-refractivity contribution in [1.29, 1.82) is 0 Å². The zero-order valence-corrected chi connectivity index (χ0v) is 15.3. The number of carbonyl (C=O) groups is 1. The Kier molecular flexibility index (Phi) is 6.17. The predicted octanol–water partition coefficient (Wildman–Crippen LogP) is 4.60. The monoisotopic (exact) mass is 362 g/mol. The summed E-state index contributed by atoms with van der Waals surface area (Å²) < 4.78 is 5.09. The molecule has 0 radical (unpaired) electrons. The van der Waals surface area contributed by atoms with Crippen LogP contribution in [0.2, 0.25) is 5.02 Å². The van der Waals surface area contributed by atoms with Crippen molar-refractivity contribution in [3.8, 4) is 5.75 Å².